The van der Waals surface area contributed by atoms with Crippen LogP contribution in [-0.2, 0) is 0 Å². The van der Waals surface area contributed by atoms with Crippen LogP contribution < -0.4 is 10.1 Å². The fraction of sp³-hybridized carbons (Fsp3) is 0.0526. The summed E-state index contributed by atoms with van der Waals surface area (Å²) in [6.07, 6.45) is 6.52. The summed E-state index contributed by atoms with van der Waals surface area (Å²) in [7, 11) is 0. The van der Waals surface area contributed by atoms with Gasteiger partial charge in [0.25, 0.3) is 0 Å². The van der Waals surface area contributed by atoms with Crippen molar-refractivity contribution in [3.63, 3.8) is 0 Å². The number of hydrogen-bond acceptors (Lipinski definition) is 4. The number of amidine groups is 2. The standard InChI is InChI=1S/C57H39N3O/c1-4-23-46-36(12-1)15-10-26-49(46)56-58-55(59-57(60-56)50-27-11-16-37-13-2-5-24-47(37)50)45-22-9-21-43(34-45)41-19-7-17-39(32-41)40-18-8-20-42(33-40)44-29-30-52-51(35-44)54-48-25-6-3-14-38(48)28-31-53(54)61-52/h1-35,51-52,56H,(H,58,59,60). The van der Waals surface area contributed by atoms with E-state index in [1.54, 1.807) is 0 Å². The molecule has 0 radical (unpaired) electrons. The van der Waals surface area contributed by atoms with E-state index in [0.29, 0.717) is 5.84 Å². The quantitative estimate of drug-likeness (QED) is 0.183. The van der Waals surface area contributed by atoms with Crippen LogP contribution in [0, 0.1) is 0 Å². The summed E-state index contributed by atoms with van der Waals surface area (Å²) in [5.41, 5.74) is 11.4. The van der Waals surface area contributed by atoms with Gasteiger partial charge < -0.3 is 10.1 Å². The number of ether oxygens (including phenoxy) is 1. The molecule has 0 bridgehead atoms. The smallest absolute Gasteiger partial charge is 0.160 e. The highest BCUT2D eigenvalue weighted by molar-refractivity contribution is 6.18. The third-order valence-corrected chi connectivity index (χ3v) is 12.5. The first-order chi connectivity index (χ1) is 30.2. The summed E-state index contributed by atoms with van der Waals surface area (Å²) < 4.78 is 6.43. The minimum atomic E-state index is -0.331. The number of aliphatic imine (C=N–C) groups is 2. The average molecular weight is 782 g/mol. The van der Waals surface area contributed by atoms with Crippen LogP contribution in [0.1, 0.15) is 39.9 Å². The molecule has 1 N–H and O–H groups in total. The van der Waals surface area contributed by atoms with E-state index < -0.39 is 0 Å². The summed E-state index contributed by atoms with van der Waals surface area (Å²) in [5, 5.41) is 10.9. The van der Waals surface area contributed by atoms with Crippen molar-refractivity contribution in [3.05, 3.63) is 240 Å². The molecule has 3 aliphatic rings. The minimum Gasteiger partial charge on any atom is -0.485 e. The van der Waals surface area contributed by atoms with Crippen molar-refractivity contribution < 1.29 is 4.74 Å². The lowest BCUT2D eigenvalue weighted by atomic mass is 9.84. The second-order valence-electron chi connectivity index (χ2n) is 16.1. The van der Waals surface area contributed by atoms with E-state index in [1.165, 1.54) is 43.8 Å². The van der Waals surface area contributed by atoms with E-state index in [2.05, 4.69) is 218 Å². The van der Waals surface area contributed by atoms with Crippen molar-refractivity contribution in [1.29, 1.82) is 0 Å². The average Bonchev–Trinajstić information content (AvgIpc) is 3.72. The monoisotopic (exact) mass is 781 g/mol. The van der Waals surface area contributed by atoms with Gasteiger partial charge in [0, 0.05) is 28.2 Å². The molecule has 0 amide bonds. The molecule has 0 spiro atoms. The molecule has 4 nitrogen and oxygen atoms in total. The fourth-order valence-electron chi connectivity index (χ4n) is 9.47. The molecule has 2 aliphatic heterocycles. The molecular formula is C57H39N3O. The molecule has 2 heterocycles. The molecule has 12 rings (SSSR count). The van der Waals surface area contributed by atoms with Crippen molar-refractivity contribution >= 4 is 49.6 Å². The van der Waals surface area contributed by atoms with Crippen LogP contribution in [0.25, 0.3) is 60.1 Å². The Morgan fingerprint density at radius 1 is 0.475 bits per heavy atom. The van der Waals surface area contributed by atoms with Crippen LogP contribution in [0.4, 0.5) is 0 Å². The number of nitrogens with zero attached hydrogens (tertiary/aromatic N) is 2. The van der Waals surface area contributed by atoms with Crippen molar-refractivity contribution in [3.8, 4) is 28.0 Å². The third-order valence-electron chi connectivity index (χ3n) is 12.5. The first-order valence-electron chi connectivity index (χ1n) is 21.0. The number of allylic oxidation sites excluding steroid dienone is 2. The third kappa shape index (κ3) is 6.23. The summed E-state index contributed by atoms with van der Waals surface area (Å²) in [5.74, 6) is 2.66. The second-order valence-corrected chi connectivity index (χ2v) is 16.1. The Labute approximate surface area is 354 Å². The van der Waals surface area contributed by atoms with Gasteiger partial charge in [0.15, 0.2) is 5.84 Å². The van der Waals surface area contributed by atoms with Gasteiger partial charge in [-0.3, -0.25) is 0 Å². The highest BCUT2D eigenvalue weighted by Crippen LogP contribution is 2.47. The van der Waals surface area contributed by atoms with E-state index in [-0.39, 0.29) is 18.2 Å². The predicted octanol–water partition coefficient (Wildman–Crippen LogP) is 13.5. The Morgan fingerprint density at radius 3 is 1.79 bits per heavy atom. The van der Waals surface area contributed by atoms with Crippen LogP contribution in [0.5, 0.6) is 5.75 Å². The zero-order valence-corrected chi connectivity index (χ0v) is 33.2. The van der Waals surface area contributed by atoms with Crippen molar-refractivity contribution in [1.82, 2.24) is 5.32 Å². The lowest BCUT2D eigenvalue weighted by Crippen LogP contribution is -2.33. The SMILES string of the molecule is C1=CC2Oc3ccc4ccccc4c3C2C=C1c1cccc(-c2cccc(-c3cccc(C4=NC(c5cccc6ccccc56)=NC(c5cccc6ccccc56)N4)c3)c2)c1. The van der Waals surface area contributed by atoms with Gasteiger partial charge >= 0.3 is 0 Å². The van der Waals surface area contributed by atoms with Gasteiger partial charge in [0.05, 0.1) is 0 Å². The maximum absolute atomic E-state index is 6.43. The lowest BCUT2D eigenvalue weighted by molar-refractivity contribution is 0.269. The first kappa shape index (κ1) is 35.2. The number of rotatable bonds is 6. The van der Waals surface area contributed by atoms with Crippen LogP contribution in [0.2, 0.25) is 0 Å². The van der Waals surface area contributed by atoms with Crippen molar-refractivity contribution in [2.75, 3.05) is 0 Å². The molecule has 3 atom stereocenters. The molecule has 1 aliphatic carbocycles. The van der Waals surface area contributed by atoms with E-state index in [1.807, 2.05) is 0 Å². The molecule has 0 saturated heterocycles. The Bertz CT molecular complexity index is 3340. The zero-order chi connectivity index (χ0) is 40.3. The summed E-state index contributed by atoms with van der Waals surface area (Å²) >= 11 is 0. The Kier molecular flexibility index (Phi) is 8.34. The molecule has 0 fully saturated rings. The van der Waals surface area contributed by atoms with Gasteiger partial charge in [-0.1, -0.05) is 182 Å². The Morgan fingerprint density at radius 2 is 1.03 bits per heavy atom. The number of benzene rings is 9. The summed E-state index contributed by atoms with van der Waals surface area (Å²) in [4.78, 5) is 10.6. The van der Waals surface area contributed by atoms with Crippen LogP contribution in [0.3, 0.4) is 0 Å². The topological polar surface area (TPSA) is 46.0 Å². The Hall–Kier alpha value is -7.82. The van der Waals surface area contributed by atoms with E-state index in [0.717, 1.165) is 55.7 Å². The van der Waals surface area contributed by atoms with Crippen LogP contribution in [0.15, 0.2) is 222 Å². The summed E-state index contributed by atoms with van der Waals surface area (Å²) in [6, 6.07) is 69.1. The van der Waals surface area contributed by atoms with Crippen LogP contribution in [-0.4, -0.2) is 17.8 Å². The summed E-state index contributed by atoms with van der Waals surface area (Å²) in [6.45, 7) is 0. The fourth-order valence-corrected chi connectivity index (χ4v) is 9.47. The molecule has 288 valence electrons. The molecule has 9 aromatic carbocycles. The minimum absolute atomic E-state index is 0.0103. The molecule has 4 heteroatoms. The molecule has 0 saturated carbocycles. The molecular weight excluding hydrogens is 743 g/mol. The van der Waals surface area contributed by atoms with Gasteiger partial charge in [-0.2, -0.15) is 0 Å². The van der Waals surface area contributed by atoms with E-state index >= 15 is 0 Å². The highest BCUT2D eigenvalue weighted by atomic mass is 16.5. The first-order valence-corrected chi connectivity index (χ1v) is 21.0. The van der Waals surface area contributed by atoms with Crippen molar-refractivity contribution in [2.45, 2.75) is 18.2 Å². The largest absolute Gasteiger partial charge is 0.485 e. The Balaban J connectivity index is 0.888. The highest BCUT2D eigenvalue weighted by Gasteiger charge is 2.35. The van der Waals surface area contributed by atoms with E-state index in [4.69, 9.17) is 14.7 Å². The molecule has 61 heavy (non-hydrogen) atoms. The van der Waals surface area contributed by atoms with Gasteiger partial charge in [-0.25, -0.2) is 9.98 Å². The maximum atomic E-state index is 6.43. The second kappa shape index (κ2) is 14.5. The number of hydrogen-bond donors (Lipinski definition) is 1. The molecule has 9 aromatic rings. The number of fused-ring (bicyclic) bond motifs is 7. The van der Waals surface area contributed by atoms with Crippen molar-refractivity contribution in [2.24, 2.45) is 9.98 Å². The van der Waals surface area contributed by atoms with Gasteiger partial charge in [-0.05, 0) is 96.0 Å². The van der Waals surface area contributed by atoms with Gasteiger partial charge in [0.2, 0.25) is 0 Å². The lowest BCUT2D eigenvalue weighted by Gasteiger charge is -2.25. The predicted molar refractivity (Wildman–Crippen MR) is 252 cm³/mol. The van der Waals surface area contributed by atoms with Gasteiger partial charge in [-0.15, -0.1) is 0 Å². The molecule has 3 unspecified atom stereocenters. The van der Waals surface area contributed by atoms with E-state index in [9.17, 15) is 0 Å². The number of nitrogens with one attached hydrogen (secondary N) is 1. The normalized spacial score (nSPS) is 17.8. The zero-order valence-electron chi connectivity index (χ0n) is 33.2. The van der Waals surface area contributed by atoms with Crippen LogP contribution >= 0.6 is 0 Å². The maximum Gasteiger partial charge on any atom is 0.160 e. The van der Waals surface area contributed by atoms with Gasteiger partial charge in [0.1, 0.15) is 23.9 Å². The molecule has 0 aromatic heterocycles.